The predicted octanol–water partition coefficient (Wildman–Crippen LogP) is 0.253. The first-order valence-corrected chi connectivity index (χ1v) is 9.23. The minimum absolute atomic E-state index is 0.233. The largest absolute Gasteiger partial charge is 0.338 e. The Kier molecular flexibility index (Phi) is 5.65. The summed E-state index contributed by atoms with van der Waals surface area (Å²) in [5, 5.41) is 8.43. The summed E-state index contributed by atoms with van der Waals surface area (Å²) in [5.41, 5.74) is 0. The molecule has 0 bridgehead atoms. The van der Waals surface area contributed by atoms with Gasteiger partial charge in [-0.1, -0.05) is 6.42 Å². The van der Waals surface area contributed by atoms with Crippen molar-refractivity contribution in [1.82, 2.24) is 16.0 Å². The Bertz CT molecular complexity index is 419. The lowest BCUT2D eigenvalue weighted by molar-refractivity contribution is 0.237. The van der Waals surface area contributed by atoms with Crippen molar-refractivity contribution in [2.24, 2.45) is 5.92 Å². The zero-order valence-electron chi connectivity index (χ0n) is 11.9. The van der Waals surface area contributed by atoms with Crippen LogP contribution in [0, 0.1) is 5.92 Å². The highest BCUT2D eigenvalue weighted by Gasteiger charge is 2.28. The minimum atomic E-state index is -3.01. The van der Waals surface area contributed by atoms with E-state index in [4.69, 9.17) is 0 Å². The Labute approximate surface area is 121 Å². The Morgan fingerprint density at radius 1 is 1.10 bits per heavy atom. The van der Waals surface area contributed by atoms with E-state index in [2.05, 4.69) is 16.0 Å². The molecule has 0 saturated carbocycles. The number of piperidine rings is 1. The number of urea groups is 1. The average Bonchev–Trinajstić information content (AvgIpc) is 2.44. The van der Waals surface area contributed by atoms with E-state index in [0.717, 1.165) is 38.8 Å². The quantitative estimate of drug-likeness (QED) is 0.695. The second-order valence-corrected chi connectivity index (χ2v) is 8.19. The highest BCUT2D eigenvalue weighted by atomic mass is 32.2. The number of hydrogen-bond donors (Lipinski definition) is 3. The number of nitrogens with one attached hydrogen (secondary N) is 3. The fraction of sp³-hybridized carbons (Fsp3) is 0.923. The first-order chi connectivity index (χ1) is 9.58. The third kappa shape index (κ3) is 4.63. The van der Waals surface area contributed by atoms with Crippen LogP contribution in [0.4, 0.5) is 4.79 Å². The second-order valence-electron chi connectivity index (χ2n) is 5.79. The predicted molar refractivity (Wildman–Crippen MR) is 78.4 cm³/mol. The van der Waals surface area contributed by atoms with Crippen molar-refractivity contribution in [3.63, 3.8) is 0 Å². The molecule has 2 amide bonds. The van der Waals surface area contributed by atoms with Gasteiger partial charge in [-0.2, -0.15) is 0 Å². The molecule has 2 aliphatic heterocycles. The SMILES string of the molecule is O=C(NCC1CCCNC1)NCC1CCCCS1(=O)=O. The molecule has 0 radical (unpaired) electrons. The smallest absolute Gasteiger partial charge is 0.314 e. The van der Waals surface area contributed by atoms with Gasteiger partial charge in [0.2, 0.25) is 0 Å². The Hall–Kier alpha value is -0.820. The van der Waals surface area contributed by atoms with Crippen molar-refractivity contribution in [3.8, 4) is 0 Å². The van der Waals surface area contributed by atoms with Gasteiger partial charge in [0.1, 0.15) is 0 Å². The van der Waals surface area contributed by atoms with Crippen LogP contribution in [0.5, 0.6) is 0 Å². The molecule has 2 heterocycles. The zero-order valence-corrected chi connectivity index (χ0v) is 12.7. The van der Waals surface area contributed by atoms with E-state index in [1.54, 1.807) is 0 Å². The molecule has 2 unspecified atom stereocenters. The lowest BCUT2D eigenvalue weighted by atomic mass is 10.00. The molecule has 20 heavy (non-hydrogen) atoms. The molecule has 3 N–H and O–H groups in total. The van der Waals surface area contributed by atoms with Crippen molar-refractivity contribution >= 4 is 15.9 Å². The van der Waals surface area contributed by atoms with E-state index >= 15 is 0 Å². The van der Waals surface area contributed by atoms with Gasteiger partial charge in [-0.15, -0.1) is 0 Å². The maximum Gasteiger partial charge on any atom is 0.314 e. The highest BCUT2D eigenvalue weighted by Crippen LogP contribution is 2.18. The minimum Gasteiger partial charge on any atom is -0.338 e. The van der Waals surface area contributed by atoms with E-state index in [1.807, 2.05) is 0 Å². The number of carbonyl (C=O) groups is 1. The van der Waals surface area contributed by atoms with Crippen LogP contribution in [0.15, 0.2) is 0 Å². The molecule has 0 aromatic rings. The number of carbonyl (C=O) groups excluding carboxylic acids is 1. The van der Waals surface area contributed by atoms with Crippen molar-refractivity contribution in [2.45, 2.75) is 37.4 Å². The molecule has 2 aliphatic rings. The van der Waals surface area contributed by atoms with Gasteiger partial charge in [-0.3, -0.25) is 0 Å². The van der Waals surface area contributed by atoms with Gasteiger partial charge in [0, 0.05) is 13.1 Å². The molecule has 0 aliphatic carbocycles. The second kappa shape index (κ2) is 7.26. The summed E-state index contributed by atoms with van der Waals surface area (Å²) in [4.78, 5) is 11.7. The van der Waals surface area contributed by atoms with Gasteiger partial charge in [-0.25, -0.2) is 13.2 Å². The summed E-state index contributed by atoms with van der Waals surface area (Å²) in [6.07, 6.45) is 4.62. The van der Waals surface area contributed by atoms with E-state index in [1.165, 1.54) is 0 Å². The van der Waals surface area contributed by atoms with Gasteiger partial charge in [0.15, 0.2) is 9.84 Å². The standard InChI is InChI=1S/C13H25N3O3S/c17-13(15-9-11-4-3-6-14-8-11)16-10-12-5-1-2-7-20(12,18)19/h11-12,14H,1-10H2,(H2,15,16,17). The maximum atomic E-state index is 11.8. The Morgan fingerprint density at radius 3 is 2.60 bits per heavy atom. The summed E-state index contributed by atoms with van der Waals surface area (Å²) in [6, 6.07) is -0.253. The normalized spacial score (nSPS) is 29.6. The van der Waals surface area contributed by atoms with Crippen LogP contribution < -0.4 is 16.0 Å². The lowest BCUT2D eigenvalue weighted by Crippen LogP contribution is -2.46. The van der Waals surface area contributed by atoms with Gasteiger partial charge in [0.25, 0.3) is 0 Å². The molecule has 6 nitrogen and oxygen atoms in total. The highest BCUT2D eigenvalue weighted by molar-refractivity contribution is 7.92. The summed E-state index contributed by atoms with van der Waals surface area (Å²) < 4.78 is 23.6. The van der Waals surface area contributed by atoms with Crippen LogP contribution in [0.25, 0.3) is 0 Å². The summed E-state index contributed by atoms with van der Waals surface area (Å²) >= 11 is 0. The molecule has 0 aromatic carbocycles. The third-order valence-electron chi connectivity index (χ3n) is 4.15. The topological polar surface area (TPSA) is 87.3 Å². The fourth-order valence-electron chi connectivity index (χ4n) is 2.85. The van der Waals surface area contributed by atoms with Gasteiger partial charge >= 0.3 is 6.03 Å². The maximum absolute atomic E-state index is 11.8. The lowest BCUT2D eigenvalue weighted by Gasteiger charge is -2.24. The first kappa shape index (κ1) is 15.6. The van der Waals surface area contributed by atoms with E-state index < -0.39 is 15.1 Å². The summed E-state index contributed by atoms with van der Waals surface area (Å²) in [7, 11) is -3.01. The molecule has 116 valence electrons. The van der Waals surface area contributed by atoms with Crippen LogP contribution >= 0.6 is 0 Å². The van der Waals surface area contributed by atoms with Crippen LogP contribution in [-0.4, -0.2) is 51.6 Å². The zero-order chi connectivity index (χ0) is 14.4. The van der Waals surface area contributed by atoms with Crippen molar-refractivity contribution in [1.29, 1.82) is 0 Å². The molecular weight excluding hydrogens is 278 g/mol. The van der Waals surface area contributed by atoms with Crippen molar-refractivity contribution in [2.75, 3.05) is 31.9 Å². The van der Waals surface area contributed by atoms with Crippen LogP contribution in [0.2, 0.25) is 0 Å². The number of sulfone groups is 1. The van der Waals surface area contributed by atoms with E-state index in [9.17, 15) is 13.2 Å². The van der Waals surface area contributed by atoms with Crippen molar-refractivity contribution < 1.29 is 13.2 Å². The van der Waals surface area contributed by atoms with Crippen LogP contribution in [0.3, 0.4) is 0 Å². The average molecular weight is 303 g/mol. The molecule has 2 atom stereocenters. The first-order valence-electron chi connectivity index (χ1n) is 7.52. The van der Waals surface area contributed by atoms with Gasteiger partial charge < -0.3 is 16.0 Å². The van der Waals surface area contributed by atoms with Crippen LogP contribution in [-0.2, 0) is 9.84 Å². The fourth-order valence-corrected chi connectivity index (χ4v) is 4.66. The van der Waals surface area contributed by atoms with Crippen LogP contribution in [0.1, 0.15) is 32.1 Å². The molecule has 7 heteroatoms. The molecule has 0 aromatic heterocycles. The summed E-state index contributed by atoms with van der Waals surface area (Å²) in [6.45, 7) is 2.88. The number of rotatable bonds is 4. The van der Waals surface area contributed by atoms with E-state index in [-0.39, 0.29) is 18.3 Å². The molecule has 2 saturated heterocycles. The monoisotopic (exact) mass is 303 g/mol. The van der Waals surface area contributed by atoms with Crippen molar-refractivity contribution in [3.05, 3.63) is 0 Å². The molecule has 2 rings (SSSR count). The molecule has 0 spiro atoms. The third-order valence-corrected chi connectivity index (χ3v) is 6.43. The Balaban J connectivity index is 1.66. The number of hydrogen-bond acceptors (Lipinski definition) is 4. The van der Waals surface area contributed by atoms with Gasteiger partial charge in [0.05, 0.1) is 11.0 Å². The molecule has 2 fully saturated rings. The van der Waals surface area contributed by atoms with Gasteiger partial charge in [-0.05, 0) is 44.7 Å². The van der Waals surface area contributed by atoms with E-state index in [0.29, 0.717) is 18.9 Å². The Morgan fingerprint density at radius 2 is 1.90 bits per heavy atom. The molecular formula is C13H25N3O3S. The number of amides is 2. The summed E-state index contributed by atoms with van der Waals surface area (Å²) in [5.74, 6) is 0.738.